The van der Waals surface area contributed by atoms with Crippen LogP contribution in [0.3, 0.4) is 0 Å². The Kier molecular flexibility index (Phi) is 16.0. The van der Waals surface area contributed by atoms with E-state index in [9.17, 15) is 0 Å². The van der Waals surface area contributed by atoms with Gasteiger partial charge in [0.05, 0.1) is 25.7 Å². The molecular weight excluding hydrogens is 1130 g/mol. The minimum absolute atomic E-state index is 0.0207. The lowest BCUT2D eigenvalue weighted by Crippen LogP contribution is -2.31. The standard InChI is InChI=1S/C88H78N2OSi/c1-8-62-25-29-65(30-26-62)67-37-50-78(51-38-67)91-56-58-92(6,7)57-18-55-88(73-43-41-72(42-44-73)87(3,4)5)83-24-17-16-23-79(83)80-52-49-77(61-84(80)88)89(75-45-33-66(34-46-75)64-19-12-10-13-20-64)76-47-35-69(36-48-76)71-40-54-86-82(60-71)81-59-70(68-31-27-63(9-2)28-32-68)39-53-85(81)90(86)74-21-14-11-15-22-74/h8-17,19-54,59-61H,1-2,18,55-58H2,3-7H3. The fraction of sp³-hybridized carbons (Fsp3) is 0.136. The first-order valence-electron chi connectivity index (χ1n) is 32.6. The van der Waals surface area contributed by atoms with Gasteiger partial charge in [0, 0.05) is 38.9 Å². The average Bonchev–Trinajstić information content (AvgIpc) is 1.55. The van der Waals surface area contributed by atoms with Crippen LogP contribution in [0.25, 0.3) is 95.3 Å². The molecule has 0 N–H and O–H groups in total. The largest absolute Gasteiger partial charge is 0.494 e. The Morgan fingerprint density at radius 2 is 0.891 bits per heavy atom. The van der Waals surface area contributed by atoms with Crippen LogP contribution < -0.4 is 9.64 Å². The molecule has 0 amide bonds. The zero-order chi connectivity index (χ0) is 63.0. The topological polar surface area (TPSA) is 17.4 Å². The van der Waals surface area contributed by atoms with Crippen molar-refractivity contribution in [3.8, 4) is 67.1 Å². The summed E-state index contributed by atoms with van der Waals surface area (Å²) in [6, 6.07) is 108. The maximum absolute atomic E-state index is 6.52. The molecule has 13 aromatic rings. The number of aromatic nitrogens is 1. The van der Waals surface area contributed by atoms with Gasteiger partial charge >= 0.3 is 0 Å². The van der Waals surface area contributed by atoms with E-state index in [1.54, 1.807) is 0 Å². The fourth-order valence-corrected chi connectivity index (χ4v) is 16.2. The van der Waals surface area contributed by atoms with Crippen molar-refractivity contribution in [2.75, 3.05) is 11.5 Å². The second kappa shape index (κ2) is 24.8. The van der Waals surface area contributed by atoms with Crippen LogP contribution in [0, 0.1) is 0 Å². The van der Waals surface area contributed by atoms with Crippen molar-refractivity contribution in [3.63, 3.8) is 0 Å². The lowest BCUT2D eigenvalue weighted by Gasteiger charge is -2.36. The molecule has 1 atom stereocenters. The Hall–Kier alpha value is -10.3. The molecule has 0 saturated heterocycles. The number of ether oxygens (including phenoxy) is 1. The monoisotopic (exact) mass is 1210 g/mol. The van der Waals surface area contributed by atoms with Crippen molar-refractivity contribution in [1.82, 2.24) is 4.57 Å². The molecule has 3 nitrogen and oxygen atoms in total. The van der Waals surface area contributed by atoms with Crippen LogP contribution >= 0.6 is 0 Å². The summed E-state index contributed by atoms with van der Waals surface area (Å²) in [5.74, 6) is 0.925. The molecule has 0 radical (unpaired) electrons. The maximum Gasteiger partial charge on any atom is 0.119 e. The molecule has 0 spiro atoms. The minimum atomic E-state index is -1.73. The van der Waals surface area contributed by atoms with E-state index in [1.165, 1.54) is 100 Å². The molecule has 0 aliphatic heterocycles. The van der Waals surface area contributed by atoms with Gasteiger partial charge < -0.3 is 14.2 Å². The number of anilines is 3. The van der Waals surface area contributed by atoms with Crippen molar-refractivity contribution < 1.29 is 4.74 Å². The molecule has 1 aliphatic carbocycles. The lowest BCUT2D eigenvalue weighted by atomic mass is 9.69. The number of benzene rings is 12. The van der Waals surface area contributed by atoms with Gasteiger partial charge in [-0.25, -0.2) is 0 Å². The highest BCUT2D eigenvalue weighted by Crippen LogP contribution is 2.57. The van der Waals surface area contributed by atoms with E-state index < -0.39 is 8.07 Å². The predicted molar refractivity (Wildman–Crippen MR) is 396 cm³/mol. The smallest absolute Gasteiger partial charge is 0.119 e. The maximum atomic E-state index is 6.52. The molecule has 0 saturated carbocycles. The van der Waals surface area contributed by atoms with Gasteiger partial charge in [-0.3, -0.25) is 0 Å². The van der Waals surface area contributed by atoms with E-state index >= 15 is 0 Å². The number of nitrogens with zero attached hydrogens (tertiary/aromatic N) is 2. The number of hydrogen-bond acceptors (Lipinski definition) is 2. The van der Waals surface area contributed by atoms with Gasteiger partial charge in [-0.05, 0) is 192 Å². The van der Waals surface area contributed by atoms with Crippen molar-refractivity contribution in [3.05, 3.63) is 332 Å². The molecule has 0 bridgehead atoms. The van der Waals surface area contributed by atoms with Crippen LogP contribution in [0.15, 0.2) is 298 Å². The number of fused-ring (bicyclic) bond motifs is 6. The highest BCUT2D eigenvalue weighted by atomic mass is 28.3. The molecule has 1 aromatic heterocycles. The van der Waals surface area contributed by atoms with Gasteiger partial charge in [0.1, 0.15) is 5.75 Å². The van der Waals surface area contributed by atoms with Crippen LogP contribution in [0.2, 0.25) is 25.2 Å². The van der Waals surface area contributed by atoms with Crippen LogP contribution in [0.1, 0.15) is 67.0 Å². The number of rotatable bonds is 19. The first-order valence-corrected chi connectivity index (χ1v) is 36.0. The first-order chi connectivity index (χ1) is 44.8. The van der Waals surface area contributed by atoms with Gasteiger partial charge in [-0.2, -0.15) is 0 Å². The molecule has 0 fully saturated rings. The second-order valence-electron chi connectivity index (χ2n) is 26.7. The van der Waals surface area contributed by atoms with E-state index in [-0.39, 0.29) is 10.8 Å². The minimum Gasteiger partial charge on any atom is -0.494 e. The third kappa shape index (κ3) is 11.6. The normalized spacial score (nSPS) is 13.6. The highest BCUT2D eigenvalue weighted by molar-refractivity contribution is 6.77. The summed E-state index contributed by atoms with van der Waals surface area (Å²) < 4.78 is 8.92. The molecule has 14 rings (SSSR count). The summed E-state index contributed by atoms with van der Waals surface area (Å²) >= 11 is 0. The van der Waals surface area contributed by atoms with E-state index in [4.69, 9.17) is 4.74 Å². The number of para-hydroxylation sites is 1. The summed E-state index contributed by atoms with van der Waals surface area (Å²) in [6.45, 7) is 20.7. The van der Waals surface area contributed by atoms with Crippen molar-refractivity contribution in [2.24, 2.45) is 0 Å². The van der Waals surface area contributed by atoms with E-state index in [0.29, 0.717) is 6.61 Å². The zero-order valence-electron chi connectivity index (χ0n) is 53.5. The quantitative estimate of drug-likeness (QED) is 0.0751. The Balaban J connectivity index is 0.823. The van der Waals surface area contributed by atoms with Crippen molar-refractivity contribution in [2.45, 2.75) is 69.6 Å². The summed E-state index contributed by atoms with van der Waals surface area (Å²) in [5.41, 5.74) is 26.2. The van der Waals surface area contributed by atoms with Crippen LogP contribution in [-0.2, 0) is 10.8 Å². The van der Waals surface area contributed by atoms with E-state index in [1.807, 2.05) is 12.2 Å². The summed E-state index contributed by atoms with van der Waals surface area (Å²) in [5, 5.41) is 2.44. The van der Waals surface area contributed by atoms with Crippen LogP contribution in [0.4, 0.5) is 17.1 Å². The Morgan fingerprint density at radius 1 is 0.435 bits per heavy atom. The van der Waals surface area contributed by atoms with Gasteiger partial charge in [0.15, 0.2) is 0 Å². The average molecular weight is 1210 g/mol. The molecule has 12 aromatic carbocycles. The summed E-state index contributed by atoms with van der Waals surface area (Å²) in [4.78, 5) is 2.47. The molecule has 1 unspecified atom stereocenters. The molecular formula is C88H78N2OSi. The third-order valence-corrected chi connectivity index (χ3v) is 22.6. The molecule has 1 aliphatic rings. The highest BCUT2D eigenvalue weighted by Gasteiger charge is 2.45. The Morgan fingerprint density at radius 3 is 1.43 bits per heavy atom. The zero-order valence-corrected chi connectivity index (χ0v) is 54.5. The van der Waals surface area contributed by atoms with E-state index in [2.05, 4.69) is 342 Å². The third-order valence-electron chi connectivity index (χ3n) is 19.4. The van der Waals surface area contributed by atoms with Gasteiger partial charge in [0.2, 0.25) is 0 Å². The van der Waals surface area contributed by atoms with Crippen molar-refractivity contribution >= 4 is 59.1 Å². The molecule has 4 heteroatoms. The summed E-state index contributed by atoms with van der Waals surface area (Å²) in [6.07, 6.45) is 5.86. The molecule has 92 heavy (non-hydrogen) atoms. The van der Waals surface area contributed by atoms with Gasteiger partial charge in [0.25, 0.3) is 0 Å². The molecule has 450 valence electrons. The van der Waals surface area contributed by atoms with E-state index in [0.717, 1.165) is 64.1 Å². The fourth-order valence-electron chi connectivity index (χ4n) is 14.2. The summed E-state index contributed by atoms with van der Waals surface area (Å²) in [7, 11) is -1.73. The number of hydrogen-bond donors (Lipinski definition) is 0. The Labute approximate surface area is 544 Å². The van der Waals surface area contributed by atoms with Crippen molar-refractivity contribution in [1.29, 1.82) is 0 Å². The van der Waals surface area contributed by atoms with Crippen LogP contribution in [-0.4, -0.2) is 19.2 Å². The molecule has 1 heterocycles. The first kappa shape index (κ1) is 59.4. The second-order valence-corrected chi connectivity index (χ2v) is 32.1. The van der Waals surface area contributed by atoms with Gasteiger partial charge in [-0.15, -0.1) is 0 Å². The predicted octanol–water partition coefficient (Wildman–Crippen LogP) is 24.4. The Bertz CT molecular complexity index is 4790. The van der Waals surface area contributed by atoms with Gasteiger partial charge in [-0.1, -0.05) is 272 Å². The SMILES string of the molecule is C=Cc1ccc(-c2ccc(OCC[Si](C)(C)CCCC3(c4ccc(C(C)(C)C)cc4)c4ccccc4-c4ccc(N(c5ccc(-c6ccccc6)cc5)c5ccc(-c6ccc7c(c6)c6cc(-c8ccc(C=C)cc8)ccc6n7-c6ccccc6)cc5)cc43)cc2)cc1. The van der Waals surface area contributed by atoms with Crippen LogP contribution in [0.5, 0.6) is 5.75 Å². The lowest BCUT2D eigenvalue weighted by molar-refractivity contribution is 0.338.